The lowest BCUT2D eigenvalue weighted by Gasteiger charge is -2.09. The van der Waals surface area contributed by atoms with Crippen molar-refractivity contribution >= 4 is 33.6 Å². The Morgan fingerprint density at radius 1 is 0.483 bits per heavy atom. The van der Waals surface area contributed by atoms with Crippen molar-refractivity contribution in [2.24, 2.45) is 0 Å². The Morgan fingerprint density at radius 2 is 1.02 bits per heavy atom. The van der Waals surface area contributed by atoms with Crippen LogP contribution in [0.2, 0.25) is 0 Å². The Balaban J connectivity index is 0.00000231. The predicted octanol–water partition coefficient (Wildman–Crippen LogP) is 1.82. The third-order valence-corrected chi connectivity index (χ3v) is 11.9. The lowest BCUT2D eigenvalue weighted by atomic mass is 9.95. The molecule has 3 aromatic heterocycles. The average molecular weight is 915 g/mol. The molecule has 0 spiro atoms. The third kappa shape index (κ3) is 6.85. The first kappa shape index (κ1) is 39.0. The van der Waals surface area contributed by atoms with Crippen LogP contribution in [0.15, 0.2) is 164 Å². The molecule has 0 radical (unpaired) electrons. The van der Waals surface area contributed by atoms with Gasteiger partial charge in [-0.3, -0.25) is 9.59 Å². The van der Waals surface area contributed by atoms with E-state index in [0.29, 0.717) is 48.4 Å². The van der Waals surface area contributed by atoms with Gasteiger partial charge in [0.2, 0.25) is 18.3 Å². The number of benzene rings is 6. The van der Waals surface area contributed by atoms with Crippen molar-refractivity contribution in [3.05, 3.63) is 226 Å². The number of pyridine rings is 1. The highest BCUT2D eigenvalue weighted by molar-refractivity contribution is 6.11. The summed E-state index contributed by atoms with van der Waals surface area (Å²) >= 11 is 0. The van der Waals surface area contributed by atoms with Gasteiger partial charge < -0.3 is 39.8 Å². The molecule has 9 aromatic rings. The molecule has 294 valence electrons. The molecule has 0 amide bonds. The van der Waals surface area contributed by atoms with Crippen LogP contribution in [-0.2, 0) is 32.6 Å². The number of rotatable bonds is 0. The number of nitrogens with zero attached hydrogens (tertiary/aromatic N) is 5. The van der Waals surface area contributed by atoms with E-state index in [1.807, 2.05) is 91.1 Å². The maximum absolute atomic E-state index is 14.1. The number of carbonyl (C=O) groups excluding carboxylic acids is 2. The highest BCUT2D eigenvalue weighted by Crippen LogP contribution is 2.38. The summed E-state index contributed by atoms with van der Waals surface area (Å²) in [7, 11) is 0. The number of halogens is 2. The molecule has 10 heteroatoms. The van der Waals surface area contributed by atoms with E-state index in [2.05, 4.69) is 91.6 Å². The standard InChI is InChI=1S/C50H38N6O2.2BrH/c51-56-29-35-14-21-42(56)30-55-32-53(47-10-3-4-11-48(47)55)27-34-6-5-7-39(22-34)50(58)41-20-18-38-23-37-17-19-40(24-43(37)44(38)25-41)49(57)36-15-12-33(13-16-36)26-52-31-54(28-35)46-9-2-1-8-45(46)52;;/h1-22,24-25,29,31-32,51H,23,26-28,30H2;2*1H/q+2;;/p-2. The van der Waals surface area contributed by atoms with Crippen LogP contribution in [0, 0.1) is 0 Å². The number of imidazole rings is 2. The fourth-order valence-electron chi connectivity index (χ4n) is 8.91. The largest absolute Gasteiger partial charge is 1.00 e. The van der Waals surface area contributed by atoms with Crippen LogP contribution in [0.1, 0.15) is 65.4 Å². The molecule has 60 heavy (non-hydrogen) atoms. The Bertz CT molecular complexity index is 3170. The highest BCUT2D eigenvalue weighted by atomic mass is 79.9. The third-order valence-electron chi connectivity index (χ3n) is 11.9. The zero-order chi connectivity index (χ0) is 38.9. The molecule has 14 rings (SSSR count). The Morgan fingerprint density at radius 3 is 1.65 bits per heavy atom. The van der Waals surface area contributed by atoms with E-state index >= 15 is 0 Å². The smallest absolute Gasteiger partial charge is 0.245 e. The van der Waals surface area contributed by atoms with Crippen LogP contribution >= 0.6 is 0 Å². The molecule has 1 N–H and O–H groups in total. The second-order valence-corrected chi connectivity index (χ2v) is 15.6. The molecule has 5 aliphatic rings. The van der Waals surface area contributed by atoms with E-state index in [1.54, 1.807) is 0 Å². The number of hydrogen-bond donors (Lipinski definition) is 0. The Labute approximate surface area is 367 Å². The van der Waals surface area contributed by atoms with E-state index in [0.717, 1.165) is 73.1 Å². The van der Waals surface area contributed by atoms with E-state index in [4.69, 9.17) is 5.84 Å². The van der Waals surface area contributed by atoms with Crippen molar-refractivity contribution in [3.8, 4) is 11.1 Å². The summed E-state index contributed by atoms with van der Waals surface area (Å²) in [6.45, 7) is 2.36. The molecule has 1 aliphatic carbocycles. The minimum Gasteiger partial charge on any atom is -1.00 e. The number of ketones is 2. The van der Waals surface area contributed by atoms with Crippen LogP contribution in [0.3, 0.4) is 0 Å². The Kier molecular flexibility index (Phi) is 10.1. The molecule has 0 fully saturated rings. The van der Waals surface area contributed by atoms with E-state index in [9.17, 15) is 9.59 Å². The second kappa shape index (κ2) is 15.6. The van der Waals surface area contributed by atoms with E-state index in [1.165, 1.54) is 4.68 Å². The van der Waals surface area contributed by atoms with E-state index in [-0.39, 0.29) is 45.5 Å². The van der Waals surface area contributed by atoms with Gasteiger partial charge in [0, 0.05) is 28.3 Å². The van der Waals surface area contributed by atoms with Crippen LogP contribution in [0.5, 0.6) is 0 Å². The van der Waals surface area contributed by atoms with Gasteiger partial charge in [0.1, 0.15) is 19.6 Å². The SMILES string of the molecule is [Br-].[Br-].[NH-][n+]1cc2ccc1Cn1c[n+](c3ccccc31)Cc1cccc(c1)C(=O)c1ccc3c(c1)-c1cc(ccc1C3)C(=O)c1ccc(cc1)Cn1c[n+](c3ccccc31)C2. The highest BCUT2D eigenvalue weighted by Gasteiger charge is 2.25. The fraction of sp³-hybridized carbons (Fsp3) is 0.100. The van der Waals surface area contributed by atoms with Crippen molar-refractivity contribution in [1.29, 1.82) is 0 Å². The van der Waals surface area contributed by atoms with Gasteiger partial charge in [-0.2, -0.15) is 0 Å². The van der Waals surface area contributed by atoms with Crippen molar-refractivity contribution in [2.45, 2.75) is 32.6 Å². The summed E-state index contributed by atoms with van der Waals surface area (Å²) in [5, 5.41) is 0. The zero-order valence-corrected chi connectivity index (χ0v) is 35.6. The molecule has 14 bridgehead atoms. The van der Waals surface area contributed by atoms with Crippen LogP contribution in [0.25, 0.3) is 39.0 Å². The van der Waals surface area contributed by atoms with Crippen molar-refractivity contribution in [2.75, 3.05) is 0 Å². The maximum atomic E-state index is 14.1. The van der Waals surface area contributed by atoms with E-state index < -0.39 is 0 Å². The molecular weight excluding hydrogens is 876 g/mol. The molecule has 8 nitrogen and oxygen atoms in total. The Hall–Kier alpha value is -6.49. The van der Waals surface area contributed by atoms with Crippen LogP contribution < -0.4 is 47.8 Å². The van der Waals surface area contributed by atoms with Gasteiger partial charge in [0.05, 0.1) is 5.56 Å². The molecule has 6 aromatic carbocycles. The molecular formula is C50H38Br2N6O2. The first-order valence-corrected chi connectivity index (χ1v) is 19.6. The van der Waals surface area contributed by atoms with Gasteiger partial charge >= 0.3 is 0 Å². The molecule has 0 atom stereocenters. The minimum absolute atomic E-state index is 0. The van der Waals surface area contributed by atoms with Gasteiger partial charge in [-0.25, -0.2) is 22.9 Å². The summed E-state index contributed by atoms with van der Waals surface area (Å²) in [6.07, 6.45) is 6.92. The molecule has 0 saturated carbocycles. The lowest BCUT2D eigenvalue weighted by Crippen LogP contribution is -3.00. The van der Waals surface area contributed by atoms with Gasteiger partial charge in [-0.15, -0.1) is 0 Å². The van der Waals surface area contributed by atoms with Gasteiger partial charge in [0.25, 0.3) is 0 Å². The van der Waals surface area contributed by atoms with Gasteiger partial charge in [-0.05, 0) is 88.3 Å². The number of carbonyl (C=O) groups is 2. The predicted molar refractivity (Wildman–Crippen MR) is 221 cm³/mol. The maximum Gasteiger partial charge on any atom is 0.245 e. The first-order valence-electron chi connectivity index (χ1n) is 19.6. The first-order chi connectivity index (χ1) is 28.4. The number of para-hydroxylation sites is 4. The average Bonchev–Trinajstić information content (AvgIpc) is 3.91. The molecule has 0 saturated heterocycles. The molecule has 4 aliphatic heterocycles. The van der Waals surface area contributed by atoms with Crippen molar-refractivity contribution in [1.82, 2.24) is 9.13 Å². The summed E-state index contributed by atoms with van der Waals surface area (Å²) in [6, 6.07) is 48.7. The quantitative estimate of drug-likeness (QED) is 0.218. The number of aromatic nitrogens is 5. The fourth-order valence-corrected chi connectivity index (χ4v) is 8.91. The number of fused-ring (bicyclic) bond motifs is 2. The summed E-state index contributed by atoms with van der Waals surface area (Å²) in [5.41, 5.74) is 15.2. The van der Waals surface area contributed by atoms with Crippen LogP contribution in [0.4, 0.5) is 0 Å². The molecule has 0 unspecified atom stereocenters. The van der Waals surface area contributed by atoms with Crippen LogP contribution in [-0.4, -0.2) is 20.7 Å². The summed E-state index contributed by atoms with van der Waals surface area (Å²) < 4.78 is 10.4. The van der Waals surface area contributed by atoms with Crippen molar-refractivity contribution < 1.29 is 57.4 Å². The summed E-state index contributed by atoms with van der Waals surface area (Å²) in [4.78, 5) is 28.0. The second-order valence-electron chi connectivity index (χ2n) is 15.6. The van der Waals surface area contributed by atoms with Crippen molar-refractivity contribution in [3.63, 3.8) is 0 Å². The molecule has 7 heterocycles. The minimum atomic E-state index is -0.0345. The normalized spacial score (nSPS) is 13.2. The lowest BCUT2D eigenvalue weighted by molar-refractivity contribution is -0.666. The number of hydrogen-bond acceptors (Lipinski definition) is 2. The summed E-state index contributed by atoms with van der Waals surface area (Å²) in [5.74, 6) is 8.96. The monoisotopic (exact) mass is 912 g/mol. The topological polar surface area (TPSA) is 79.4 Å². The zero-order valence-electron chi connectivity index (χ0n) is 32.4. The number of nitrogens with one attached hydrogen (secondary N) is 1. The van der Waals surface area contributed by atoms with Gasteiger partial charge in [0.15, 0.2) is 46.4 Å². The van der Waals surface area contributed by atoms with Gasteiger partial charge in [-0.1, -0.05) is 91.0 Å².